The maximum atomic E-state index is 6.09. The minimum absolute atomic E-state index is 0.173. The van der Waals surface area contributed by atoms with E-state index in [1.54, 1.807) is 0 Å². The molecule has 1 heterocycles. The second kappa shape index (κ2) is 6.79. The van der Waals surface area contributed by atoms with Gasteiger partial charge in [0.25, 0.3) is 0 Å². The number of halogens is 3. The third kappa shape index (κ3) is 3.66. The summed E-state index contributed by atoms with van der Waals surface area (Å²) in [5, 5.41) is 4.63. The van der Waals surface area contributed by atoms with Crippen LogP contribution in [-0.4, -0.2) is 4.98 Å². The first-order chi connectivity index (χ1) is 9.51. The van der Waals surface area contributed by atoms with Crippen LogP contribution in [0.2, 0.25) is 10.0 Å². The Morgan fingerprint density at radius 3 is 2.60 bits per heavy atom. The highest BCUT2D eigenvalue weighted by Gasteiger charge is 2.11. The van der Waals surface area contributed by atoms with Crippen molar-refractivity contribution in [2.24, 2.45) is 0 Å². The quantitative estimate of drug-likeness (QED) is 0.662. The summed E-state index contributed by atoms with van der Waals surface area (Å²) in [4.78, 5) is 4.30. The second-order valence-electron chi connectivity index (χ2n) is 4.61. The Hall–Kier alpha value is -0.770. The van der Waals surface area contributed by atoms with E-state index in [4.69, 9.17) is 23.2 Å². The third-order valence-corrected chi connectivity index (χ3v) is 4.68. The van der Waals surface area contributed by atoms with Crippen molar-refractivity contribution in [2.45, 2.75) is 26.3 Å². The monoisotopic (exact) mass is 372 g/mol. The molecule has 2 aromatic rings. The van der Waals surface area contributed by atoms with Gasteiger partial charge in [-0.2, -0.15) is 0 Å². The summed E-state index contributed by atoms with van der Waals surface area (Å²) < 4.78 is 0.866. The maximum absolute atomic E-state index is 6.09. The third-order valence-electron chi connectivity index (χ3n) is 3.11. The first-order valence-electron chi connectivity index (χ1n) is 6.35. The number of rotatable bonds is 4. The maximum Gasteiger partial charge on any atom is 0.109 e. The molecule has 0 aliphatic heterocycles. The summed E-state index contributed by atoms with van der Waals surface area (Å²) in [6.07, 6.45) is 2.75. The molecule has 1 aromatic heterocycles. The van der Waals surface area contributed by atoms with Gasteiger partial charge in [-0.25, -0.2) is 4.98 Å². The van der Waals surface area contributed by atoms with E-state index >= 15 is 0 Å². The molecule has 5 heteroatoms. The van der Waals surface area contributed by atoms with Crippen LogP contribution in [0.5, 0.6) is 0 Å². The van der Waals surface area contributed by atoms with Crippen LogP contribution >= 0.6 is 39.1 Å². The summed E-state index contributed by atoms with van der Waals surface area (Å²) in [6, 6.07) is 7.97. The predicted octanol–water partition coefficient (Wildman–Crippen LogP) is 6.02. The van der Waals surface area contributed by atoms with E-state index in [9.17, 15) is 0 Å². The number of anilines is 1. The van der Waals surface area contributed by atoms with Crippen molar-refractivity contribution < 1.29 is 0 Å². The van der Waals surface area contributed by atoms with E-state index < -0.39 is 0 Å². The number of nitrogens with one attached hydrogen (secondary N) is 1. The molecule has 0 amide bonds. The molecule has 0 fully saturated rings. The summed E-state index contributed by atoms with van der Waals surface area (Å²) in [5.41, 5.74) is 3.20. The van der Waals surface area contributed by atoms with Crippen LogP contribution in [0.3, 0.4) is 0 Å². The largest absolute Gasteiger partial charge is 0.377 e. The lowest BCUT2D eigenvalue weighted by atomic mass is 10.0. The molecule has 1 unspecified atom stereocenters. The zero-order valence-corrected chi connectivity index (χ0v) is 14.4. The van der Waals surface area contributed by atoms with Gasteiger partial charge in [-0.15, -0.1) is 0 Å². The van der Waals surface area contributed by atoms with Gasteiger partial charge in [-0.05, 0) is 58.6 Å². The molecule has 0 aliphatic rings. The zero-order chi connectivity index (χ0) is 14.7. The van der Waals surface area contributed by atoms with Crippen molar-refractivity contribution >= 4 is 44.8 Å². The van der Waals surface area contributed by atoms with E-state index in [2.05, 4.69) is 39.2 Å². The molecule has 0 bridgehead atoms. The van der Waals surface area contributed by atoms with Gasteiger partial charge in [0.15, 0.2) is 0 Å². The molecule has 1 atom stereocenters. The van der Waals surface area contributed by atoms with E-state index in [0.717, 1.165) is 27.8 Å². The highest BCUT2D eigenvalue weighted by atomic mass is 79.9. The van der Waals surface area contributed by atoms with Crippen molar-refractivity contribution in [1.82, 2.24) is 4.98 Å². The Labute approximate surface area is 137 Å². The van der Waals surface area contributed by atoms with Gasteiger partial charge in [0, 0.05) is 0 Å². The van der Waals surface area contributed by atoms with Crippen LogP contribution in [0.1, 0.15) is 30.5 Å². The molecule has 106 valence electrons. The molecule has 2 rings (SSSR count). The molecule has 1 N–H and O–H groups in total. The summed E-state index contributed by atoms with van der Waals surface area (Å²) in [5.74, 6) is 0. The average molecular weight is 374 g/mol. The van der Waals surface area contributed by atoms with Crippen molar-refractivity contribution in [3.8, 4) is 0 Å². The Morgan fingerprint density at radius 2 is 2.00 bits per heavy atom. The van der Waals surface area contributed by atoms with Crippen LogP contribution in [0, 0.1) is 6.92 Å². The topological polar surface area (TPSA) is 24.9 Å². The van der Waals surface area contributed by atoms with Crippen molar-refractivity contribution in [3.05, 3.63) is 56.2 Å². The van der Waals surface area contributed by atoms with Crippen molar-refractivity contribution in [1.29, 1.82) is 0 Å². The van der Waals surface area contributed by atoms with Crippen LogP contribution in [0.4, 0.5) is 5.69 Å². The van der Waals surface area contributed by atoms with E-state index in [1.807, 2.05) is 31.3 Å². The Balaban J connectivity index is 2.23. The van der Waals surface area contributed by atoms with Gasteiger partial charge in [0.05, 0.1) is 28.0 Å². The van der Waals surface area contributed by atoms with Crippen LogP contribution in [-0.2, 0) is 0 Å². The minimum atomic E-state index is 0.173. The summed E-state index contributed by atoms with van der Waals surface area (Å²) in [6.45, 7) is 4.14. The Bertz CT molecular complexity index is 617. The lowest BCUT2D eigenvalue weighted by molar-refractivity contribution is 0.748. The number of hydrogen-bond donors (Lipinski definition) is 1. The van der Waals surface area contributed by atoms with Crippen molar-refractivity contribution in [2.75, 3.05) is 5.32 Å². The number of hydrogen-bond acceptors (Lipinski definition) is 2. The lowest BCUT2D eigenvalue weighted by Crippen LogP contribution is -2.10. The normalized spacial score (nSPS) is 12.2. The van der Waals surface area contributed by atoms with E-state index in [1.165, 1.54) is 0 Å². The zero-order valence-electron chi connectivity index (χ0n) is 11.3. The number of benzene rings is 1. The van der Waals surface area contributed by atoms with Gasteiger partial charge in [-0.3, -0.25) is 0 Å². The Kier molecular flexibility index (Phi) is 5.30. The van der Waals surface area contributed by atoms with Gasteiger partial charge in [-0.1, -0.05) is 36.2 Å². The lowest BCUT2D eigenvalue weighted by Gasteiger charge is -2.19. The smallest absolute Gasteiger partial charge is 0.109 e. The fourth-order valence-corrected chi connectivity index (χ4v) is 2.51. The highest BCUT2D eigenvalue weighted by Crippen LogP contribution is 2.29. The first kappa shape index (κ1) is 15.6. The highest BCUT2D eigenvalue weighted by molar-refractivity contribution is 9.10. The molecule has 0 radical (unpaired) electrons. The van der Waals surface area contributed by atoms with E-state index in [0.29, 0.717) is 10.0 Å². The standard InChI is InChI=1S/C15H15BrCl2N2/c1-3-14(10-4-5-12(17)13(18)7-10)20-11-6-9(2)15(16)19-8-11/h4-8,14,20H,3H2,1-2H3. The number of aromatic nitrogens is 1. The molecule has 0 aliphatic carbocycles. The SMILES string of the molecule is CCC(Nc1cnc(Br)c(C)c1)c1ccc(Cl)c(Cl)c1. The number of nitrogens with zero attached hydrogens (tertiary/aromatic N) is 1. The van der Waals surface area contributed by atoms with Gasteiger partial charge in [0.2, 0.25) is 0 Å². The fourth-order valence-electron chi connectivity index (χ4n) is 1.99. The predicted molar refractivity (Wildman–Crippen MR) is 89.8 cm³/mol. The van der Waals surface area contributed by atoms with Crippen LogP contribution in [0.15, 0.2) is 35.1 Å². The first-order valence-corrected chi connectivity index (χ1v) is 7.89. The molecular formula is C15H15BrCl2N2. The van der Waals surface area contributed by atoms with Crippen LogP contribution < -0.4 is 5.32 Å². The molecule has 0 spiro atoms. The number of aryl methyl sites for hydroxylation is 1. The van der Waals surface area contributed by atoms with Crippen LogP contribution in [0.25, 0.3) is 0 Å². The van der Waals surface area contributed by atoms with E-state index in [-0.39, 0.29) is 6.04 Å². The average Bonchev–Trinajstić information content (AvgIpc) is 2.43. The molecular weight excluding hydrogens is 359 g/mol. The second-order valence-corrected chi connectivity index (χ2v) is 6.18. The Morgan fingerprint density at radius 1 is 1.25 bits per heavy atom. The van der Waals surface area contributed by atoms with Gasteiger partial charge >= 0.3 is 0 Å². The molecule has 20 heavy (non-hydrogen) atoms. The van der Waals surface area contributed by atoms with Crippen molar-refractivity contribution in [3.63, 3.8) is 0 Å². The molecule has 1 aromatic carbocycles. The fraction of sp³-hybridized carbons (Fsp3) is 0.267. The van der Waals surface area contributed by atoms with Gasteiger partial charge in [0.1, 0.15) is 4.60 Å². The molecule has 0 saturated heterocycles. The minimum Gasteiger partial charge on any atom is -0.377 e. The molecule has 0 saturated carbocycles. The summed E-state index contributed by atoms with van der Waals surface area (Å²) in [7, 11) is 0. The molecule has 2 nitrogen and oxygen atoms in total. The summed E-state index contributed by atoms with van der Waals surface area (Å²) >= 11 is 15.4. The number of pyridine rings is 1. The van der Waals surface area contributed by atoms with Gasteiger partial charge < -0.3 is 5.32 Å².